The molecule has 1 amide bonds. The summed E-state index contributed by atoms with van der Waals surface area (Å²) in [6, 6.07) is 2.38. The van der Waals surface area contributed by atoms with Crippen molar-refractivity contribution in [1.29, 1.82) is 0 Å². The molecule has 8 heteroatoms. The molecule has 0 spiro atoms. The third-order valence-electron chi connectivity index (χ3n) is 2.61. The molecular formula is C13H17ClN2O5. The number of ether oxygens (including phenoxy) is 3. The van der Waals surface area contributed by atoms with E-state index in [1.54, 1.807) is 12.1 Å². The SMILES string of the molecule is COC(=O)C(N)Cc1cc(Cl)c(OCC(N)=O)c(OC)c1. The van der Waals surface area contributed by atoms with E-state index in [4.69, 9.17) is 32.5 Å². The van der Waals surface area contributed by atoms with E-state index in [0.717, 1.165) is 0 Å². The molecule has 1 rings (SSSR count). The zero-order chi connectivity index (χ0) is 16.0. The van der Waals surface area contributed by atoms with Gasteiger partial charge in [-0.2, -0.15) is 0 Å². The van der Waals surface area contributed by atoms with E-state index >= 15 is 0 Å². The van der Waals surface area contributed by atoms with Crippen molar-refractivity contribution in [2.45, 2.75) is 12.5 Å². The normalized spacial score (nSPS) is 11.6. The average molecular weight is 317 g/mol. The van der Waals surface area contributed by atoms with Crippen LogP contribution in [0.2, 0.25) is 5.02 Å². The van der Waals surface area contributed by atoms with Gasteiger partial charge in [0, 0.05) is 0 Å². The number of hydrogen-bond acceptors (Lipinski definition) is 6. The molecule has 0 aliphatic rings. The number of carbonyl (C=O) groups excluding carboxylic acids is 2. The predicted molar refractivity (Wildman–Crippen MR) is 76.4 cm³/mol. The number of nitrogens with two attached hydrogens (primary N) is 2. The maximum atomic E-state index is 11.3. The summed E-state index contributed by atoms with van der Waals surface area (Å²) in [6.45, 7) is -0.322. The lowest BCUT2D eigenvalue weighted by atomic mass is 10.1. The fourth-order valence-corrected chi connectivity index (χ4v) is 1.95. The standard InChI is InChI=1S/C13H17ClN2O5/c1-19-10-5-7(4-9(15)13(18)20-2)3-8(14)12(10)21-6-11(16)17/h3,5,9H,4,6,15H2,1-2H3,(H2,16,17). The van der Waals surface area contributed by atoms with E-state index in [-0.39, 0.29) is 23.8 Å². The van der Waals surface area contributed by atoms with E-state index in [1.165, 1.54) is 14.2 Å². The summed E-state index contributed by atoms with van der Waals surface area (Å²) in [5.41, 5.74) is 11.4. The maximum Gasteiger partial charge on any atom is 0.322 e. The zero-order valence-electron chi connectivity index (χ0n) is 11.7. The number of hydrogen-bond donors (Lipinski definition) is 2. The highest BCUT2D eigenvalue weighted by Gasteiger charge is 2.18. The van der Waals surface area contributed by atoms with Crippen LogP contribution in [0.3, 0.4) is 0 Å². The van der Waals surface area contributed by atoms with Gasteiger partial charge in [-0.15, -0.1) is 0 Å². The molecule has 0 radical (unpaired) electrons. The van der Waals surface area contributed by atoms with Gasteiger partial charge < -0.3 is 25.7 Å². The first-order valence-corrected chi connectivity index (χ1v) is 6.37. The van der Waals surface area contributed by atoms with Crippen LogP contribution in [-0.4, -0.2) is 38.7 Å². The van der Waals surface area contributed by atoms with Crippen LogP contribution in [0.4, 0.5) is 0 Å². The van der Waals surface area contributed by atoms with Crippen LogP contribution in [0.25, 0.3) is 0 Å². The van der Waals surface area contributed by atoms with Gasteiger partial charge in [0.2, 0.25) is 0 Å². The molecule has 0 aromatic heterocycles. The molecule has 0 saturated heterocycles. The molecular weight excluding hydrogens is 300 g/mol. The average Bonchev–Trinajstić information content (AvgIpc) is 2.44. The van der Waals surface area contributed by atoms with Crippen LogP contribution in [0.15, 0.2) is 12.1 Å². The predicted octanol–water partition coefficient (Wildman–Crippen LogP) is 0.255. The highest BCUT2D eigenvalue weighted by Crippen LogP contribution is 2.36. The lowest BCUT2D eigenvalue weighted by molar-refractivity contribution is -0.142. The van der Waals surface area contributed by atoms with E-state index in [0.29, 0.717) is 11.3 Å². The molecule has 0 bridgehead atoms. The molecule has 1 atom stereocenters. The van der Waals surface area contributed by atoms with E-state index in [2.05, 4.69) is 4.74 Å². The van der Waals surface area contributed by atoms with Gasteiger partial charge in [0.1, 0.15) is 6.04 Å². The number of carbonyl (C=O) groups is 2. The van der Waals surface area contributed by atoms with Crippen molar-refractivity contribution in [3.63, 3.8) is 0 Å². The summed E-state index contributed by atoms with van der Waals surface area (Å²) in [5.74, 6) is -0.645. The Morgan fingerprint density at radius 2 is 2.00 bits per heavy atom. The van der Waals surface area contributed by atoms with Crippen molar-refractivity contribution in [1.82, 2.24) is 0 Å². The van der Waals surface area contributed by atoms with Crippen molar-refractivity contribution in [2.75, 3.05) is 20.8 Å². The Morgan fingerprint density at radius 1 is 1.33 bits per heavy atom. The van der Waals surface area contributed by atoms with Crippen molar-refractivity contribution in [2.24, 2.45) is 11.5 Å². The lowest BCUT2D eigenvalue weighted by Gasteiger charge is -2.15. The molecule has 1 unspecified atom stereocenters. The van der Waals surface area contributed by atoms with Gasteiger partial charge in [-0.25, -0.2) is 0 Å². The van der Waals surface area contributed by atoms with Crippen molar-refractivity contribution in [3.05, 3.63) is 22.7 Å². The third kappa shape index (κ3) is 4.80. The molecule has 1 aromatic rings. The molecule has 0 aliphatic carbocycles. The Labute approximate surface area is 127 Å². The van der Waals surface area contributed by atoms with Crippen LogP contribution in [-0.2, 0) is 20.7 Å². The first-order valence-electron chi connectivity index (χ1n) is 6.00. The van der Waals surface area contributed by atoms with E-state index in [1.807, 2.05) is 0 Å². The van der Waals surface area contributed by atoms with Gasteiger partial charge in [0.15, 0.2) is 18.1 Å². The molecule has 0 fully saturated rings. The minimum absolute atomic E-state index is 0.202. The van der Waals surface area contributed by atoms with Crippen LogP contribution in [0.1, 0.15) is 5.56 Å². The first kappa shape index (κ1) is 17.1. The third-order valence-corrected chi connectivity index (χ3v) is 2.89. The Bertz CT molecular complexity index is 536. The van der Waals surface area contributed by atoms with Gasteiger partial charge in [-0.05, 0) is 24.1 Å². The summed E-state index contributed by atoms with van der Waals surface area (Å²) in [6.07, 6.45) is 0.221. The van der Waals surface area contributed by atoms with Gasteiger partial charge in [0.25, 0.3) is 5.91 Å². The molecule has 0 saturated carbocycles. The Morgan fingerprint density at radius 3 is 2.52 bits per heavy atom. The van der Waals surface area contributed by atoms with Gasteiger partial charge in [-0.1, -0.05) is 11.6 Å². The Balaban J connectivity index is 2.97. The molecule has 0 heterocycles. The maximum absolute atomic E-state index is 11.3. The first-order chi connectivity index (χ1) is 9.88. The fraction of sp³-hybridized carbons (Fsp3) is 0.385. The van der Waals surface area contributed by atoms with E-state index in [9.17, 15) is 9.59 Å². The largest absolute Gasteiger partial charge is 0.493 e. The number of esters is 1. The summed E-state index contributed by atoms with van der Waals surface area (Å²) < 4.78 is 14.9. The van der Waals surface area contributed by atoms with Crippen molar-refractivity contribution < 1.29 is 23.8 Å². The summed E-state index contributed by atoms with van der Waals surface area (Å²) in [4.78, 5) is 22.1. The zero-order valence-corrected chi connectivity index (χ0v) is 12.5. The second-order valence-corrected chi connectivity index (χ2v) is 4.60. The quantitative estimate of drug-likeness (QED) is 0.697. The Hall–Kier alpha value is -1.99. The number of halogens is 1. The molecule has 116 valence electrons. The lowest BCUT2D eigenvalue weighted by Crippen LogP contribution is -2.33. The molecule has 7 nitrogen and oxygen atoms in total. The van der Waals surface area contributed by atoms with Crippen molar-refractivity contribution >= 4 is 23.5 Å². The minimum atomic E-state index is -0.812. The molecule has 0 aliphatic heterocycles. The fourth-order valence-electron chi connectivity index (χ4n) is 1.66. The Kier molecular flexibility index (Phi) is 6.26. The number of primary amides is 1. The smallest absolute Gasteiger partial charge is 0.322 e. The summed E-state index contributed by atoms with van der Waals surface area (Å²) in [7, 11) is 2.68. The number of rotatable bonds is 7. The van der Waals surface area contributed by atoms with Crippen molar-refractivity contribution in [3.8, 4) is 11.5 Å². The summed E-state index contributed by atoms with van der Waals surface area (Å²) >= 11 is 6.08. The molecule has 21 heavy (non-hydrogen) atoms. The van der Waals surface area contributed by atoms with Crippen LogP contribution in [0.5, 0.6) is 11.5 Å². The second kappa shape index (κ2) is 7.70. The topological polar surface area (TPSA) is 114 Å². The number of amides is 1. The van der Waals surface area contributed by atoms with Gasteiger partial charge >= 0.3 is 5.97 Å². The monoisotopic (exact) mass is 316 g/mol. The van der Waals surface area contributed by atoms with Crippen LogP contribution in [0, 0.1) is 0 Å². The van der Waals surface area contributed by atoms with E-state index < -0.39 is 17.9 Å². The minimum Gasteiger partial charge on any atom is -0.493 e. The number of benzene rings is 1. The second-order valence-electron chi connectivity index (χ2n) is 4.20. The van der Waals surface area contributed by atoms with Crippen LogP contribution < -0.4 is 20.9 Å². The summed E-state index contributed by atoms with van der Waals surface area (Å²) in [5, 5.41) is 0.225. The van der Waals surface area contributed by atoms with Gasteiger partial charge in [0.05, 0.1) is 19.2 Å². The number of methoxy groups -OCH3 is 2. The van der Waals surface area contributed by atoms with Crippen LogP contribution >= 0.6 is 11.6 Å². The van der Waals surface area contributed by atoms with Gasteiger partial charge in [-0.3, -0.25) is 9.59 Å². The highest BCUT2D eigenvalue weighted by atomic mass is 35.5. The molecule has 1 aromatic carbocycles. The molecule has 4 N–H and O–H groups in total. The highest BCUT2D eigenvalue weighted by molar-refractivity contribution is 6.32.